The van der Waals surface area contributed by atoms with Crippen LogP contribution in [0.1, 0.15) is 50.5 Å². The van der Waals surface area contributed by atoms with E-state index in [2.05, 4.69) is 18.8 Å². The van der Waals surface area contributed by atoms with Crippen LogP contribution in [0.3, 0.4) is 0 Å². The Morgan fingerprint density at radius 1 is 1.30 bits per heavy atom. The second-order valence-electron chi connectivity index (χ2n) is 5.39. The number of aromatic nitrogens is 2. The smallest absolute Gasteiger partial charge is 0.128 e. The van der Waals surface area contributed by atoms with Crippen molar-refractivity contribution in [1.82, 2.24) is 9.55 Å². The molecule has 0 bridgehead atoms. The molecule has 2 aromatic rings. The quantitative estimate of drug-likeness (QED) is 0.908. The van der Waals surface area contributed by atoms with Gasteiger partial charge in [0, 0.05) is 29.9 Å². The molecule has 1 heterocycles. The number of halogens is 1. The Kier molecular flexibility index (Phi) is 4.55. The van der Waals surface area contributed by atoms with E-state index < -0.39 is 0 Å². The molecule has 0 radical (unpaired) electrons. The third-order valence-electron chi connectivity index (χ3n) is 3.62. The molecule has 20 heavy (non-hydrogen) atoms. The Balaban J connectivity index is 2.54. The Morgan fingerprint density at radius 3 is 2.60 bits per heavy atom. The normalized spacial score (nSPS) is 14.5. The number of nitrogens with zero attached hydrogens (tertiary/aromatic N) is 2. The lowest BCUT2D eigenvalue weighted by molar-refractivity contribution is 0.423. The van der Waals surface area contributed by atoms with Crippen LogP contribution >= 0.6 is 0 Å². The van der Waals surface area contributed by atoms with E-state index in [1.54, 1.807) is 18.3 Å². The maximum atomic E-state index is 14.2. The minimum atomic E-state index is -0.221. The lowest BCUT2D eigenvalue weighted by Crippen LogP contribution is -2.34. The SMILES string of the molecule is CCC(N)C(c1ccccc1F)n1ccnc1C(C)C. The van der Waals surface area contributed by atoms with Crippen molar-refractivity contribution < 1.29 is 4.39 Å². The summed E-state index contributed by atoms with van der Waals surface area (Å²) >= 11 is 0. The summed E-state index contributed by atoms with van der Waals surface area (Å²) in [6.07, 6.45) is 4.42. The second kappa shape index (κ2) is 6.18. The van der Waals surface area contributed by atoms with E-state index in [1.165, 1.54) is 6.07 Å². The number of benzene rings is 1. The molecule has 0 saturated heterocycles. The number of rotatable bonds is 5. The maximum absolute atomic E-state index is 14.2. The molecule has 2 N–H and O–H groups in total. The molecule has 4 heteroatoms. The number of hydrogen-bond donors (Lipinski definition) is 1. The Morgan fingerprint density at radius 2 is 2.00 bits per heavy atom. The first-order valence-electron chi connectivity index (χ1n) is 7.09. The molecule has 2 unspecified atom stereocenters. The Hall–Kier alpha value is -1.68. The highest BCUT2D eigenvalue weighted by Gasteiger charge is 2.25. The summed E-state index contributed by atoms with van der Waals surface area (Å²) in [5, 5.41) is 0. The van der Waals surface area contributed by atoms with Crippen LogP contribution < -0.4 is 5.73 Å². The van der Waals surface area contributed by atoms with Crippen LogP contribution in [0.15, 0.2) is 36.7 Å². The fraction of sp³-hybridized carbons (Fsp3) is 0.438. The molecule has 2 rings (SSSR count). The van der Waals surface area contributed by atoms with E-state index in [-0.39, 0.29) is 23.8 Å². The van der Waals surface area contributed by atoms with Gasteiger partial charge in [0.1, 0.15) is 11.6 Å². The summed E-state index contributed by atoms with van der Waals surface area (Å²) < 4.78 is 16.2. The minimum Gasteiger partial charge on any atom is -0.326 e. The van der Waals surface area contributed by atoms with E-state index >= 15 is 0 Å². The molecule has 0 amide bonds. The van der Waals surface area contributed by atoms with Crippen molar-refractivity contribution in [2.45, 2.75) is 45.2 Å². The number of hydrogen-bond acceptors (Lipinski definition) is 2. The van der Waals surface area contributed by atoms with Crippen LogP contribution in [0, 0.1) is 5.82 Å². The van der Waals surface area contributed by atoms with Gasteiger partial charge in [0.05, 0.1) is 6.04 Å². The van der Waals surface area contributed by atoms with Gasteiger partial charge in [-0.25, -0.2) is 9.37 Å². The van der Waals surface area contributed by atoms with Crippen molar-refractivity contribution in [2.24, 2.45) is 5.73 Å². The molecular weight excluding hydrogens is 253 g/mol. The van der Waals surface area contributed by atoms with Crippen LogP contribution in [0.2, 0.25) is 0 Å². The van der Waals surface area contributed by atoms with Crippen LogP contribution in [0.25, 0.3) is 0 Å². The molecule has 0 aliphatic heterocycles. The Bertz CT molecular complexity index is 562. The summed E-state index contributed by atoms with van der Waals surface area (Å²) in [5.74, 6) is 0.982. The highest BCUT2D eigenvalue weighted by atomic mass is 19.1. The summed E-state index contributed by atoms with van der Waals surface area (Å²) in [4.78, 5) is 4.39. The number of nitrogens with two attached hydrogens (primary N) is 1. The summed E-state index contributed by atoms with van der Waals surface area (Å²) in [6, 6.07) is 6.46. The molecule has 1 aromatic heterocycles. The van der Waals surface area contributed by atoms with Gasteiger partial charge >= 0.3 is 0 Å². The maximum Gasteiger partial charge on any atom is 0.128 e. The van der Waals surface area contributed by atoms with Gasteiger partial charge in [-0.3, -0.25) is 0 Å². The monoisotopic (exact) mass is 275 g/mol. The number of imidazole rings is 1. The molecule has 0 aliphatic rings. The van der Waals surface area contributed by atoms with Crippen LogP contribution in [0.4, 0.5) is 4.39 Å². The van der Waals surface area contributed by atoms with Crippen LogP contribution in [-0.4, -0.2) is 15.6 Å². The van der Waals surface area contributed by atoms with Crippen molar-refractivity contribution in [3.63, 3.8) is 0 Å². The van der Waals surface area contributed by atoms with Crippen molar-refractivity contribution in [2.75, 3.05) is 0 Å². The van der Waals surface area contributed by atoms with Gasteiger partial charge in [-0.05, 0) is 12.5 Å². The van der Waals surface area contributed by atoms with Crippen LogP contribution in [-0.2, 0) is 0 Å². The zero-order valence-corrected chi connectivity index (χ0v) is 12.3. The zero-order valence-electron chi connectivity index (χ0n) is 12.3. The lowest BCUT2D eigenvalue weighted by atomic mass is 9.96. The van der Waals surface area contributed by atoms with Gasteiger partial charge < -0.3 is 10.3 Å². The third kappa shape index (κ3) is 2.75. The standard InChI is InChI=1S/C16H22FN3/c1-4-14(18)15(12-7-5-6-8-13(12)17)20-10-9-19-16(20)11(2)3/h5-11,14-15H,4,18H2,1-3H3. The van der Waals surface area contributed by atoms with Crippen molar-refractivity contribution in [3.05, 3.63) is 53.9 Å². The molecule has 0 saturated carbocycles. The average molecular weight is 275 g/mol. The summed E-state index contributed by atoms with van der Waals surface area (Å²) in [6.45, 7) is 6.17. The zero-order chi connectivity index (χ0) is 14.7. The van der Waals surface area contributed by atoms with Crippen molar-refractivity contribution in [1.29, 1.82) is 0 Å². The van der Waals surface area contributed by atoms with E-state index in [4.69, 9.17) is 5.73 Å². The topological polar surface area (TPSA) is 43.8 Å². The highest BCUT2D eigenvalue weighted by molar-refractivity contribution is 5.25. The second-order valence-corrected chi connectivity index (χ2v) is 5.39. The van der Waals surface area contributed by atoms with Gasteiger partial charge in [0.25, 0.3) is 0 Å². The fourth-order valence-corrected chi connectivity index (χ4v) is 2.53. The highest BCUT2D eigenvalue weighted by Crippen LogP contribution is 2.28. The predicted molar refractivity (Wildman–Crippen MR) is 79.1 cm³/mol. The van der Waals surface area contributed by atoms with E-state index in [0.29, 0.717) is 5.56 Å². The molecule has 0 spiro atoms. The van der Waals surface area contributed by atoms with Crippen LogP contribution in [0.5, 0.6) is 0 Å². The molecule has 2 atom stereocenters. The third-order valence-corrected chi connectivity index (χ3v) is 3.62. The summed E-state index contributed by atoms with van der Waals surface area (Å²) in [7, 11) is 0. The first-order valence-corrected chi connectivity index (χ1v) is 7.09. The van der Waals surface area contributed by atoms with Gasteiger partial charge in [0.2, 0.25) is 0 Å². The van der Waals surface area contributed by atoms with Gasteiger partial charge in [-0.1, -0.05) is 39.0 Å². The molecular formula is C16H22FN3. The van der Waals surface area contributed by atoms with E-state index in [9.17, 15) is 4.39 Å². The first-order chi connectivity index (χ1) is 9.56. The van der Waals surface area contributed by atoms with Crippen molar-refractivity contribution in [3.8, 4) is 0 Å². The van der Waals surface area contributed by atoms with Gasteiger partial charge in [-0.15, -0.1) is 0 Å². The largest absolute Gasteiger partial charge is 0.326 e. The lowest BCUT2D eigenvalue weighted by Gasteiger charge is -2.27. The average Bonchev–Trinajstić information content (AvgIpc) is 2.90. The molecule has 3 nitrogen and oxygen atoms in total. The van der Waals surface area contributed by atoms with Gasteiger partial charge in [-0.2, -0.15) is 0 Å². The first kappa shape index (κ1) is 14.7. The fourth-order valence-electron chi connectivity index (χ4n) is 2.53. The van der Waals surface area contributed by atoms with E-state index in [0.717, 1.165) is 12.2 Å². The van der Waals surface area contributed by atoms with Crippen molar-refractivity contribution >= 4 is 0 Å². The molecule has 0 aliphatic carbocycles. The minimum absolute atomic E-state index is 0.154. The molecule has 0 fully saturated rings. The predicted octanol–water partition coefficient (Wildman–Crippen LogP) is 3.47. The summed E-state index contributed by atoms with van der Waals surface area (Å²) in [5.41, 5.74) is 6.89. The molecule has 108 valence electrons. The van der Waals surface area contributed by atoms with Gasteiger partial charge in [0.15, 0.2) is 0 Å². The molecule has 1 aromatic carbocycles. The van der Waals surface area contributed by atoms with E-state index in [1.807, 2.05) is 23.8 Å². The Labute approximate surface area is 119 Å².